The van der Waals surface area contributed by atoms with Crippen molar-refractivity contribution in [3.8, 4) is 0 Å². The second-order valence-corrected chi connectivity index (χ2v) is 9.94. The van der Waals surface area contributed by atoms with Crippen LogP contribution in [0.15, 0.2) is 64.9 Å². The molecule has 1 aliphatic heterocycles. The van der Waals surface area contributed by atoms with Gasteiger partial charge in [-0.3, -0.25) is 0 Å². The molecule has 1 N–H and O–H groups in total. The Morgan fingerprint density at radius 3 is 2.71 bits per heavy atom. The molecule has 0 saturated carbocycles. The van der Waals surface area contributed by atoms with Crippen LogP contribution in [0, 0.1) is 13.8 Å². The van der Waals surface area contributed by atoms with Gasteiger partial charge >= 0.3 is 0 Å². The van der Waals surface area contributed by atoms with Crippen LogP contribution in [0.25, 0.3) is 0 Å². The molecule has 1 atom stereocenters. The number of nitrogens with one attached hydrogen (secondary N) is 1. The molecule has 0 aliphatic carbocycles. The molecular formula is C22H24N2O2S2. The van der Waals surface area contributed by atoms with Crippen molar-refractivity contribution < 1.29 is 8.42 Å². The molecule has 0 radical (unpaired) electrons. The van der Waals surface area contributed by atoms with E-state index in [1.54, 1.807) is 17.4 Å². The van der Waals surface area contributed by atoms with E-state index in [0.717, 1.165) is 24.1 Å². The van der Waals surface area contributed by atoms with Crippen molar-refractivity contribution in [1.82, 2.24) is 4.72 Å². The average Bonchev–Trinajstić information content (AvgIpc) is 3.35. The highest BCUT2D eigenvalue weighted by atomic mass is 32.2. The summed E-state index contributed by atoms with van der Waals surface area (Å²) in [7, 11) is -3.58. The molecule has 4 nitrogen and oxygen atoms in total. The zero-order valence-corrected chi connectivity index (χ0v) is 17.7. The molecule has 0 bridgehead atoms. The number of fused-ring (bicyclic) bond motifs is 1. The summed E-state index contributed by atoms with van der Waals surface area (Å²) < 4.78 is 28.9. The van der Waals surface area contributed by atoms with Gasteiger partial charge < -0.3 is 4.90 Å². The fraction of sp³-hybridized carbons (Fsp3) is 0.273. The van der Waals surface area contributed by atoms with Crippen LogP contribution in [0.1, 0.15) is 27.6 Å². The van der Waals surface area contributed by atoms with Crippen LogP contribution in [0.3, 0.4) is 0 Å². The lowest BCUT2D eigenvalue weighted by molar-refractivity contribution is 0.564. The summed E-state index contributed by atoms with van der Waals surface area (Å²) in [4.78, 5) is 3.85. The van der Waals surface area contributed by atoms with Gasteiger partial charge in [-0.15, -0.1) is 11.3 Å². The van der Waals surface area contributed by atoms with Crippen molar-refractivity contribution >= 4 is 27.0 Å². The summed E-state index contributed by atoms with van der Waals surface area (Å²) in [5.74, 6) is 0. The van der Waals surface area contributed by atoms with Crippen molar-refractivity contribution in [2.75, 3.05) is 18.0 Å². The maximum absolute atomic E-state index is 13.0. The van der Waals surface area contributed by atoms with Crippen LogP contribution in [-0.4, -0.2) is 21.5 Å². The lowest BCUT2D eigenvalue weighted by atomic mass is 10.1. The summed E-state index contributed by atoms with van der Waals surface area (Å²) in [5.41, 5.74) is 4.22. The van der Waals surface area contributed by atoms with Gasteiger partial charge in [0.15, 0.2) is 0 Å². The van der Waals surface area contributed by atoms with E-state index in [0.29, 0.717) is 11.4 Å². The largest absolute Gasteiger partial charge is 0.362 e. The van der Waals surface area contributed by atoms with Crippen LogP contribution in [0.4, 0.5) is 5.69 Å². The van der Waals surface area contributed by atoms with Crippen LogP contribution < -0.4 is 9.62 Å². The quantitative estimate of drug-likeness (QED) is 0.651. The minimum atomic E-state index is -3.58. The Morgan fingerprint density at radius 1 is 1.11 bits per heavy atom. The second kappa shape index (κ2) is 7.70. The first kappa shape index (κ1) is 19.2. The molecule has 6 heteroatoms. The molecule has 1 aliphatic rings. The van der Waals surface area contributed by atoms with Gasteiger partial charge in [0.2, 0.25) is 10.0 Å². The van der Waals surface area contributed by atoms with Crippen LogP contribution in [0.5, 0.6) is 0 Å². The van der Waals surface area contributed by atoms with E-state index in [1.807, 2.05) is 43.5 Å². The van der Waals surface area contributed by atoms with Gasteiger partial charge in [0.1, 0.15) is 0 Å². The first-order valence-corrected chi connectivity index (χ1v) is 11.8. The molecule has 2 aromatic carbocycles. The minimum Gasteiger partial charge on any atom is -0.362 e. The zero-order valence-electron chi connectivity index (χ0n) is 16.1. The topological polar surface area (TPSA) is 49.4 Å². The SMILES string of the molecule is Cc1ccc(C)c(S(=O)(=O)NCC(c2cccs2)N2CCc3ccccc32)c1. The number of thiophene rings is 1. The van der Waals surface area contributed by atoms with Crippen molar-refractivity contribution in [2.45, 2.75) is 31.2 Å². The smallest absolute Gasteiger partial charge is 0.240 e. The first-order chi connectivity index (χ1) is 13.5. The molecular weight excluding hydrogens is 388 g/mol. The molecule has 28 heavy (non-hydrogen) atoms. The van der Waals surface area contributed by atoms with E-state index in [4.69, 9.17) is 0 Å². The normalized spacial score (nSPS) is 14.9. The number of hydrogen-bond acceptors (Lipinski definition) is 4. The fourth-order valence-electron chi connectivity index (χ4n) is 3.80. The number of nitrogens with zero attached hydrogens (tertiary/aromatic N) is 1. The molecule has 0 fully saturated rings. The van der Waals surface area contributed by atoms with Gasteiger partial charge in [-0.2, -0.15) is 0 Å². The lowest BCUT2D eigenvalue weighted by Crippen LogP contribution is -2.37. The van der Waals surface area contributed by atoms with Gasteiger partial charge in [-0.05, 0) is 60.5 Å². The summed E-state index contributed by atoms with van der Waals surface area (Å²) >= 11 is 1.67. The number of anilines is 1. The summed E-state index contributed by atoms with van der Waals surface area (Å²) in [5, 5.41) is 2.05. The Morgan fingerprint density at radius 2 is 1.93 bits per heavy atom. The highest BCUT2D eigenvalue weighted by molar-refractivity contribution is 7.89. The van der Waals surface area contributed by atoms with E-state index < -0.39 is 10.0 Å². The molecule has 146 valence electrons. The summed E-state index contributed by atoms with van der Waals surface area (Å²) in [6, 6.07) is 18.0. The number of sulfonamides is 1. The summed E-state index contributed by atoms with van der Waals surface area (Å²) in [6.45, 7) is 4.98. The number of benzene rings is 2. The average molecular weight is 413 g/mol. The van der Waals surface area contributed by atoms with Crippen molar-refractivity contribution in [3.05, 3.63) is 81.5 Å². The van der Waals surface area contributed by atoms with E-state index in [2.05, 4.69) is 33.9 Å². The van der Waals surface area contributed by atoms with Gasteiger partial charge in [-0.25, -0.2) is 13.1 Å². The van der Waals surface area contributed by atoms with Crippen molar-refractivity contribution in [3.63, 3.8) is 0 Å². The fourth-order valence-corrected chi connectivity index (χ4v) is 6.00. The monoisotopic (exact) mass is 412 g/mol. The van der Waals surface area contributed by atoms with Gasteiger partial charge in [0.05, 0.1) is 10.9 Å². The Kier molecular flexibility index (Phi) is 5.27. The second-order valence-electron chi connectivity index (χ2n) is 7.22. The van der Waals surface area contributed by atoms with E-state index in [-0.39, 0.29) is 6.04 Å². The van der Waals surface area contributed by atoms with Crippen LogP contribution >= 0.6 is 11.3 Å². The molecule has 2 heterocycles. The maximum Gasteiger partial charge on any atom is 0.240 e. The highest BCUT2D eigenvalue weighted by Gasteiger charge is 2.29. The van der Waals surface area contributed by atoms with Crippen LogP contribution in [-0.2, 0) is 16.4 Å². The predicted molar refractivity (Wildman–Crippen MR) is 116 cm³/mol. The Hall–Kier alpha value is -2.15. The number of hydrogen-bond donors (Lipinski definition) is 1. The molecule has 1 aromatic heterocycles. The van der Waals surface area contributed by atoms with Gasteiger partial charge in [-0.1, -0.05) is 36.4 Å². The molecule has 0 amide bonds. The number of para-hydroxylation sites is 1. The minimum absolute atomic E-state index is 0.0245. The van der Waals surface area contributed by atoms with E-state index in [9.17, 15) is 8.42 Å². The molecule has 0 saturated heterocycles. The third kappa shape index (κ3) is 3.72. The third-order valence-corrected chi connectivity index (χ3v) is 7.81. The number of aryl methyl sites for hydroxylation is 2. The molecule has 0 spiro atoms. The zero-order chi connectivity index (χ0) is 19.7. The highest BCUT2D eigenvalue weighted by Crippen LogP contribution is 2.36. The maximum atomic E-state index is 13.0. The predicted octanol–water partition coefficient (Wildman–Crippen LogP) is 4.45. The number of rotatable bonds is 6. The van der Waals surface area contributed by atoms with E-state index >= 15 is 0 Å². The van der Waals surface area contributed by atoms with E-state index in [1.165, 1.54) is 16.1 Å². The Labute approximate surface area is 170 Å². The Balaban J connectivity index is 1.62. The first-order valence-electron chi connectivity index (χ1n) is 9.40. The van der Waals surface area contributed by atoms with Crippen LogP contribution in [0.2, 0.25) is 0 Å². The standard InChI is InChI=1S/C22H24N2O2S2/c1-16-9-10-17(2)22(14-16)28(25,26)23-15-20(21-8-5-13-27-21)24-12-11-18-6-3-4-7-19(18)24/h3-10,13-14,20,23H,11-12,15H2,1-2H3. The van der Waals surface area contributed by atoms with Gasteiger partial charge in [0, 0.05) is 23.7 Å². The summed E-state index contributed by atoms with van der Waals surface area (Å²) in [6.07, 6.45) is 0.988. The van der Waals surface area contributed by atoms with Crippen molar-refractivity contribution in [2.24, 2.45) is 0 Å². The third-order valence-electron chi connectivity index (χ3n) is 5.27. The lowest BCUT2D eigenvalue weighted by Gasteiger charge is -2.30. The molecule has 3 aromatic rings. The molecule has 1 unspecified atom stereocenters. The van der Waals surface area contributed by atoms with Gasteiger partial charge in [0.25, 0.3) is 0 Å². The Bertz CT molecular complexity index is 1080. The van der Waals surface area contributed by atoms with Crippen molar-refractivity contribution in [1.29, 1.82) is 0 Å². The molecule has 4 rings (SSSR count).